The molecule has 0 radical (unpaired) electrons. The lowest BCUT2D eigenvalue weighted by Gasteiger charge is -1.99. The zero-order chi connectivity index (χ0) is 11.5. The predicted octanol–water partition coefficient (Wildman–Crippen LogP) is -0.0210. The quantitative estimate of drug-likeness (QED) is 0.734. The Morgan fingerprint density at radius 1 is 1.31 bits per heavy atom. The van der Waals surface area contributed by atoms with Crippen molar-refractivity contribution in [2.45, 2.75) is 6.54 Å². The Labute approximate surface area is 91.6 Å². The molecule has 1 N–H and O–H groups in total. The van der Waals surface area contributed by atoms with Gasteiger partial charge in [0.2, 0.25) is 5.62 Å². The smallest absolute Gasteiger partial charge is 0.238 e. The Morgan fingerprint density at radius 3 is 2.56 bits per heavy atom. The highest BCUT2D eigenvalue weighted by Gasteiger charge is 2.08. The molecule has 0 amide bonds. The van der Waals surface area contributed by atoms with E-state index in [1.165, 1.54) is 9.36 Å². The minimum absolute atomic E-state index is 0.0384. The molecule has 6 nitrogen and oxygen atoms in total. The predicted molar refractivity (Wildman–Crippen MR) is 55.6 cm³/mol. The van der Waals surface area contributed by atoms with Crippen LogP contribution in [0, 0.1) is 5.41 Å². The number of carbonyl (C=O) groups is 1. The van der Waals surface area contributed by atoms with Crippen LogP contribution in [-0.2, 0) is 13.6 Å². The summed E-state index contributed by atoms with van der Waals surface area (Å²) in [4.78, 5) is 11.8. The van der Waals surface area contributed by atoms with Gasteiger partial charge >= 0.3 is 0 Å². The molecule has 0 aliphatic heterocycles. The number of nitrogens with one attached hydrogen (secondary N) is 1. The maximum atomic E-state index is 11.8. The lowest BCUT2D eigenvalue weighted by atomic mass is 10.1. The van der Waals surface area contributed by atoms with E-state index in [4.69, 9.17) is 5.41 Å². The van der Waals surface area contributed by atoms with Crippen LogP contribution in [0.4, 0.5) is 0 Å². The van der Waals surface area contributed by atoms with Crippen molar-refractivity contribution < 1.29 is 4.79 Å². The first-order valence-corrected chi connectivity index (χ1v) is 4.78. The van der Waals surface area contributed by atoms with E-state index >= 15 is 0 Å². The molecule has 1 aromatic carbocycles. The van der Waals surface area contributed by atoms with Gasteiger partial charge in [-0.3, -0.25) is 10.2 Å². The van der Waals surface area contributed by atoms with E-state index in [1.807, 2.05) is 6.07 Å². The summed E-state index contributed by atoms with van der Waals surface area (Å²) in [5, 5.41) is 14.9. The highest BCUT2D eigenvalue weighted by molar-refractivity contribution is 5.95. The number of hydrogen-bond acceptors (Lipinski definition) is 4. The van der Waals surface area contributed by atoms with Gasteiger partial charge in [-0.25, -0.2) is 9.36 Å². The molecule has 0 aliphatic carbocycles. The fraction of sp³-hybridized carbons (Fsp3) is 0.200. The van der Waals surface area contributed by atoms with Gasteiger partial charge in [-0.15, -0.1) is 0 Å². The van der Waals surface area contributed by atoms with Gasteiger partial charge in [-0.05, 0) is 10.4 Å². The van der Waals surface area contributed by atoms with Gasteiger partial charge in [0.1, 0.15) is 6.54 Å². The number of carbonyl (C=O) groups excluding carboxylic acids is 1. The van der Waals surface area contributed by atoms with Crippen LogP contribution in [0.25, 0.3) is 0 Å². The largest absolute Gasteiger partial charge is 0.292 e. The van der Waals surface area contributed by atoms with Gasteiger partial charge in [-0.1, -0.05) is 30.3 Å². The number of nitrogens with zero attached hydrogens (tertiary/aromatic N) is 4. The second kappa shape index (κ2) is 4.09. The fourth-order valence-corrected chi connectivity index (χ4v) is 1.32. The minimum Gasteiger partial charge on any atom is -0.292 e. The molecule has 0 fully saturated rings. The topological polar surface area (TPSA) is 76.6 Å². The highest BCUT2D eigenvalue weighted by atomic mass is 16.1. The van der Waals surface area contributed by atoms with Crippen molar-refractivity contribution in [2.24, 2.45) is 7.05 Å². The summed E-state index contributed by atoms with van der Waals surface area (Å²) in [5.41, 5.74) is 0.712. The molecule has 1 heterocycles. The maximum absolute atomic E-state index is 11.8. The molecule has 0 saturated heterocycles. The summed E-state index contributed by atoms with van der Waals surface area (Å²) < 4.78 is 2.56. The van der Waals surface area contributed by atoms with Crippen molar-refractivity contribution in [3.05, 3.63) is 41.5 Å². The van der Waals surface area contributed by atoms with Crippen molar-refractivity contribution in [1.82, 2.24) is 19.8 Å². The van der Waals surface area contributed by atoms with Gasteiger partial charge < -0.3 is 0 Å². The lowest BCUT2D eigenvalue weighted by Crippen LogP contribution is -2.26. The van der Waals surface area contributed by atoms with Gasteiger partial charge in [0, 0.05) is 12.6 Å². The van der Waals surface area contributed by atoms with Crippen LogP contribution in [0.3, 0.4) is 0 Å². The second-order valence-electron chi connectivity index (χ2n) is 3.37. The molecular weight excluding hydrogens is 206 g/mol. The molecule has 0 bridgehead atoms. The molecule has 1 aromatic heterocycles. The first kappa shape index (κ1) is 10.3. The number of rotatable bonds is 3. The molecule has 6 heteroatoms. The molecule has 82 valence electrons. The zero-order valence-corrected chi connectivity index (χ0v) is 8.79. The van der Waals surface area contributed by atoms with Crippen LogP contribution in [0.1, 0.15) is 10.4 Å². The van der Waals surface area contributed by atoms with Crippen LogP contribution < -0.4 is 5.62 Å². The van der Waals surface area contributed by atoms with Crippen LogP contribution in [0.5, 0.6) is 0 Å². The van der Waals surface area contributed by atoms with Crippen LogP contribution >= 0.6 is 0 Å². The molecule has 0 spiro atoms. The average molecular weight is 217 g/mol. The van der Waals surface area contributed by atoms with Crippen molar-refractivity contribution in [3.8, 4) is 0 Å². The molecule has 0 atom stereocenters. The third kappa shape index (κ3) is 1.90. The Bertz CT molecular complexity index is 554. The van der Waals surface area contributed by atoms with Crippen molar-refractivity contribution in [2.75, 3.05) is 0 Å². The van der Waals surface area contributed by atoms with E-state index in [9.17, 15) is 4.79 Å². The number of tetrazole rings is 1. The highest BCUT2D eigenvalue weighted by Crippen LogP contribution is 2.00. The van der Waals surface area contributed by atoms with Gasteiger partial charge in [0.25, 0.3) is 0 Å². The summed E-state index contributed by atoms with van der Waals surface area (Å²) in [7, 11) is 1.61. The number of benzene rings is 1. The van der Waals surface area contributed by atoms with E-state index in [-0.39, 0.29) is 17.9 Å². The van der Waals surface area contributed by atoms with E-state index in [0.29, 0.717) is 5.56 Å². The Morgan fingerprint density at radius 2 is 2.00 bits per heavy atom. The molecule has 2 aromatic rings. The van der Waals surface area contributed by atoms with Gasteiger partial charge in [-0.2, -0.15) is 0 Å². The Hall–Kier alpha value is -2.24. The summed E-state index contributed by atoms with van der Waals surface area (Å²) >= 11 is 0. The number of hydrogen-bond donors (Lipinski definition) is 1. The molecule has 0 aliphatic rings. The normalized spacial score (nSPS) is 10.3. The van der Waals surface area contributed by atoms with Gasteiger partial charge in [0.15, 0.2) is 5.78 Å². The fourth-order valence-electron chi connectivity index (χ4n) is 1.32. The summed E-state index contributed by atoms with van der Waals surface area (Å²) in [5.74, 6) is -0.0837. The van der Waals surface area contributed by atoms with Crippen molar-refractivity contribution in [3.63, 3.8) is 0 Å². The monoisotopic (exact) mass is 217 g/mol. The van der Waals surface area contributed by atoms with Gasteiger partial charge in [0.05, 0.1) is 0 Å². The summed E-state index contributed by atoms with van der Waals surface area (Å²) in [6.45, 7) is 0.0384. The van der Waals surface area contributed by atoms with Crippen LogP contribution in [0.2, 0.25) is 0 Å². The number of ketones is 1. The van der Waals surface area contributed by atoms with Crippen LogP contribution in [0.15, 0.2) is 30.3 Å². The first-order chi connectivity index (χ1) is 7.68. The van der Waals surface area contributed by atoms with Crippen LogP contribution in [-0.4, -0.2) is 25.6 Å². The molecule has 0 unspecified atom stereocenters. The number of aromatic nitrogens is 4. The average Bonchev–Trinajstić information content (AvgIpc) is 2.62. The Balaban J connectivity index is 2.21. The summed E-state index contributed by atoms with van der Waals surface area (Å²) in [6, 6.07) is 8.93. The Kier molecular flexibility index (Phi) is 2.63. The van der Waals surface area contributed by atoms with Crippen molar-refractivity contribution >= 4 is 5.78 Å². The number of Topliss-reactive ketones (excluding diaryl/α,β-unsaturated/α-hetero) is 1. The minimum atomic E-state index is -0.0837. The number of aryl methyl sites for hydroxylation is 1. The van der Waals surface area contributed by atoms with E-state index in [2.05, 4.69) is 10.4 Å². The van der Waals surface area contributed by atoms with E-state index in [1.54, 1.807) is 31.3 Å². The standard InChI is InChI=1S/C10H11N5O/c1-14-10(11)15(13-12-14)7-9(16)8-5-3-2-4-6-8/h2-6,11H,7H2,1H3. The maximum Gasteiger partial charge on any atom is 0.238 e. The SMILES string of the molecule is Cn1nnn(CC(=O)c2ccccc2)c1=N. The molecule has 0 saturated carbocycles. The van der Waals surface area contributed by atoms with E-state index < -0.39 is 0 Å². The third-order valence-corrected chi connectivity index (χ3v) is 2.22. The molecule has 16 heavy (non-hydrogen) atoms. The zero-order valence-electron chi connectivity index (χ0n) is 8.79. The first-order valence-electron chi connectivity index (χ1n) is 4.78. The second-order valence-corrected chi connectivity index (χ2v) is 3.37. The van der Waals surface area contributed by atoms with E-state index in [0.717, 1.165) is 0 Å². The molecule has 2 rings (SSSR count). The summed E-state index contributed by atoms with van der Waals surface area (Å²) in [6.07, 6.45) is 0. The van der Waals surface area contributed by atoms with Crippen molar-refractivity contribution in [1.29, 1.82) is 5.41 Å². The third-order valence-electron chi connectivity index (χ3n) is 2.22. The molecular formula is C10H11N5O. The lowest BCUT2D eigenvalue weighted by molar-refractivity contribution is 0.0965.